The van der Waals surface area contributed by atoms with Crippen molar-refractivity contribution < 1.29 is 23.5 Å². The monoisotopic (exact) mass is 589 g/mol. The Labute approximate surface area is 245 Å². The van der Waals surface area contributed by atoms with Crippen molar-refractivity contribution in [1.82, 2.24) is 18.9 Å². The summed E-state index contributed by atoms with van der Waals surface area (Å²) in [6.45, 7) is 11.1. The molecule has 2 N–H and O–H groups in total. The second-order valence-corrected chi connectivity index (χ2v) is 11.8. The molecule has 0 unspecified atom stereocenters. The zero-order chi connectivity index (χ0) is 31.1. The van der Waals surface area contributed by atoms with E-state index in [-0.39, 0.29) is 49.9 Å². The van der Waals surface area contributed by atoms with Crippen molar-refractivity contribution in [2.45, 2.75) is 59.3 Å². The molecular weight excluding hydrogens is 549 g/mol. The fourth-order valence-electron chi connectivity index (χ4n) is 3.67. The molecule has 13 heteroatoms. The number of amides is 2. The average molecular weight is 590 g/mol. The molecule has 0 aliphatic carbocycles. The fourth-order valence-corrected chi connectivity index (χ4v) is 3.86. The summed E-state index contributed by atoms with van der Waals surface area (Å²) in [4.78, 5) is 33.6. The SMILES string of the molecule is Cn1c(N)c(C#N)c(=NCCN(CCN(Cc2ccc(F)cc2)C(=O)OC(C)(C)C)C(=O)OC(C)(C)C)n(C)c1=S. The predicted molar refractivity (Wildman–Crippen MR) is 156 cm³/mol. The number of aromatic nitrogens is 2. The van der Waals surface area contributed by atoms with Gasteiger partial charge in [-0.3, -0.25) is 4.99 Å². The Balaban J connectivity index is 2.35. The van der Waals surface area contributed by atoms with E-state index in [4.69, 9.17) is 27.4 Å². The molecule has 2 amide bonds. The van der Waals surface area contributed by atoms with Gasteiger partial charge in [0.15, 0.2) is 10.3 Å². The minimum absolute atomic E-state index is 0.0975. The van der Waals surface area contributed by atoms with Crippen LogP contribution >= 0.6 is 12.2 Å². The number of nitrogen functional groups attached to an aromatic ring is 1. The maximum atomic E-state index is 13.5. The molecule has 2 rings (SSSR count). The van der Waals surface area contributed by atoms with Crippen molar-refractivity contribution in [1.29, 1.82) is 5.26 Å². The number of hydrogen-bond acceptors (Lipinski definition) is 8. The van der Waals surface area contributed by atoms with Gasteiger partial charge in [0.25, 0.3) is 0 Å². The Morgan fingerprint density at radius 3 is 2.00 bits per heavy atom. The Hall–Kier alpha value is -3.92. The second-order valence-electron chi connectivity index (χ2n) is 11.5. The van der Waals surface area contributed by atoms with Crippen LogP contribution in [0.25, 0.3) is 0 Å². The van der Waals surface area contributed by atoms with E-state index in [2.05, 4.69) is 11.1 Å². The molecule has 2 aromatic rings. The van der Waals surface area contributed by atoms with E-state index in [1.807, 2.05) is 0 Å². The molecular formula is C28H40FN7O4S. The van der Waals surface area contributed by atoms with Gasteiger partial charge in [0.1, 0.15) is 34.5 Å². The molecule has 0 radical (unpaired) electrons. The van der Waals surface area contributed by atoms with Crippen molar-refractivity contribution in [3.05, 3.63) is 51.5 Å². The normalized spacial score (nSPS) is 12.0. The lowest BCUT2D eigenvalue weighted by Crippen LogP contribution is -2.45. The number of rotatable bonds is 8. The number of anilines is 1. The molecule has 1 heterocycles. The molecule has 0 spiro atoms. The van der Waals surface area contributed by atoms with E-state index < -0.39 is 23.4 Å². The zero-order valence-electron chi connectivity index (χ0n) is 25.0. The van der Waals surface area contributed by atoms with Crippen molar-refractivity contribution in [3.63, 3.8) is 0 Å². The van der Waals surface area contributed by atoms with Gasteiger partial charge in [-0.15, -0.1) is 0 Å². The first-order valence-electron chi connectivity index (χ1n) is 13.1. The van der Waals surface area contributed by atoms with Crippen LogP contribution in [0.1, 0.15) is 52.7 Å². The Kier molecular flexibility index (Phi) is 11.1. The van der Waals surface area contributed by atoms with Gasteiger partial charge in [-0.2, -0.15) is 5.26 Å². The van der Waals surface area contributed by atoms with Crippen molar-refractivity contribution in [2.75, 3.05) is 31.9 Å². The van der Waals surface area contributed by atoms with Crippen molar-refractivity contribution in [2.24, 2.45) is 19.1 Å². The molecule has 1 aromatic carbocycles. The standard InChI is InChI=1S/C28H40FN7O4S/c1-27(2,3)39-25(37)35(14-13-32-23-21(17-30)22(31)33(7)24(41)34(23)8)15-16-36(26(38)40-28(4,5)6)18-19-9-11-20(29)12-10-19/h9-12H,13-16,18,31H2,1-8H3. The lowest BCUT2D eigenvalue weighted by molar-refractivity contribution is 0.0127. The first-order chi connectivity index (χ1) is 18.9. The summed E-state index contributed by atoms with van der Waals surface area (Å²) >= 11 is 5.40. The minimum atomic E-state index is -0.758. The Morgan fingerprint density at radius 1 is 0.976 bits per heavy atom. The summed E-state index contributed by atoms with van der Waals surface area (Å²) in [5, 5.41) is 9.67. The highest BCUT2D eigenvalue weighted by molar-refractivity contribution is 7.71. The fraction of sp³-hybridized carbons (Fsp3) is 0.536. The first kappa shape index (κ1) is 33.3. The number of halogens is 1. The number of benzene rings is 1. The first-order valence-corrected chi connectivity index (χ1v) is 13.5. The van der Waals surface area contributed by atoms with Gasteiger partial charge in [0.2, 0.25) is 0 Å². The lowest BCUT2D eigenvalue weighted by Gasteiger charge is -2.31. The summed E-state index contributed by atoms with van der Waals surface area (Å²) in [7, 11) is 3.34. The molecule has 0 atom stereocenters. The van der Waals surface area contributed by atoms with E-state index in [0.29, 0.717) is 15.8 Å². The molecule has 0 saturated carbocycles. The summed E-state index contributed by atoms with van der Waals surface area (Å²) < 4.78 is 28.1. The van der Waals surface area contributed by atoms with Gasteiger partial charge >= 0.3 is 12.2 Å². The molecule has 0 saturated heterocycles. The van der Waals surface area contributed by atoms with Crippen LogP contribution in [-0.4, -0.2) is 68.5 Å². The van der Waals surface area contributed by atoms with E-state index in [9.17, 15) is 19.2 Å². The van der Waals surface area contributed by atoms with E-state index in [1.165, 1.54) is 26.5 Å². The van der Waals surface area contributed by atoms with Crippen LogP contribution in [0.3, 0.4) is 0 Å². The minimum Gasteiger partial charge on any atom is -0.444 e. The Morgan fingerprint density at radius 2 is 1.49 bits per heavy atom. The molecule has 0 bridgehead atoms. The molecule has 0 aliphatic rings. The summed E-state index contributed by atoms with van der Waals surface area (Å²) in [6, 6.07) is 7.87. The number of carbonyl (C=O) groups excluding carboxylic acids is 2. The predicted octanol–water partition coefficient (Wildman–Crippen LogP) is 4.26. The summed E-state index contributed by atoms with van der Waals surface area (Å²) in [6.07, 6.45) is -1.17. The molecule has 11 nitrogen and oxygen atoms in total. The third-order valence-corrected chi connectivity index (χ3v) is 6.25. The van der Waals surface area contributed by atoms with Crippen molar-refractivity contribution >= 4 is 30.2 Å². The van der Waals surface area contributed by atoms with Crippen LogP contribution in [0.5, 0.6) is 0 Å². The van der Waals surface area contributed by atoms with Gasteiger partial charge in [-0.05, 0) is 71.5 Å². The van der Waals surface area contributed by atoms with Crippen LogP contribution in [0.2, 0.25) is 0 Å². The molecule has 224 valence electrons. The van der Waals surface area contributed by atoms with E-state index in [1.54, 1.807) is 72.3 Å². The number of carbonyl (C=O) groups is 2. The third kappa shape index (κ3) is 9.89. The number of hydrogen-bond donors (Lipinski definition) is 1. The largest absolute Gasteiger partial charge is 0.444 e. The quantitative estimate of drug-likeness (QED) is 0.455. The number of nitrogens with zero attached hydrogens (tertiary/aromatic N) is 6. The molecule has 1 aromatic heterocycles. The van der Waals surface area contributed by atoms with E-state index in [0.717, 1.165) is 0 Å². The maximum absolute atomic E-state index is 13.5. The van der Waals surface area contributed by atoms with Gasteiger partial charge in [0.05, 0.1) is 6.54 Å². The highest BCUT2D eigenvalue weighted by atomic mass is 32.1. The third-order valence-electron chi connectivity index (χ3n) is 5.71. The summed E-state index contributed by atoms with van der Waals surface area (Å²) in [5.41, 5.74) is 5.74. The Bertz CT molecular complexity index is 1410. The molecule has 0 fully saturated rings. The number of nitrogens with two attached hydrogens (primary N) is 1. The van der Waals surface area contributed by atoms with Gasteiger partial charge in [0, 0.05) is 40.3 Å². The molecule has 41 heavy (non-hydrogen) atoms. The lowest BCUT2D eigenvalue weighted by atomic mass is 10.2. The number of nitriles is 1. The molecule has 0 aliphatic heterocycles. The topological polar surface area (TPSA) is 131 Å². The van der Waals surface area contributed by atoms with Crippen LogP contribution < -0.4 is 11.2 Å². The van der Waals surface area contributed by atoms with E-state index >= 15 is 0 Å². The second kappa shape index (κ2) is 13.6. The van der Waals surface area contributed by atoms with Gasteiger partial charge in [-0.25, -0.2) is 14.0 Å². The highest BCUT2D eigenvalue weighted by Gasteiger charge is 2.26. The smallest absolute Gasteiger partial charge is 0.410 e. The summed E-state index contributed by atoms with van der Waals surface area (Å²) in [5.74, 6) is -0.199. The number of ether oxygens (including phenoxy) is 2. The van der Waals surface area contributed by atoms with Crippen molar-refractivity contribution in [3.8, 4) is 6.07 Å². The van der Waals surface area contributed by atoms with Crippen LogP contribution in [0.4, 0.5) is 19.8 Å². The average Bonchev–Trinajstić information content (AvgIpc) is 2.85. The van der Waals surface area contributed by atoms with Crippen LogP contribution in [-0.2, 0) is 30.1 Å². The van der Waals surface area contributed by atoms with Crippen LogP contribution in [0, 0.1) is 21.9 Å². The maximum Gasteiger partial charge on any atom is 0.410 e. The highest BCUT2D eigenvalue weighted by Crippen LogP contribution is 2.15. The van der Waals surface area contributed by atoms with Crippen LogP contribution in [0.15, 0.2) is 29.3 Å². The van der Waals surface area contributed by atoms with Gasteiger partial charge in [-0.1, -0.05) is 12.1 Å². The zero-order valence-corrected chi connectivity index (χ0v) is 25.8. The van der Waals surface area contributed by atoms with Gasteiger partial charge < -0.3 is 34.1 Å².